The molecule has 0 spiro atoms. The lowest BCUT2D eigenvalue weighted by atomic mass is 9.80. The first-order valence-corrected chi connectivity index (χ1v) is 6.89. The van der Waals surface area contributed by atoms with Crippen LogP contribution >= 0.6 is 11.6 Å². The molecule has 1 aromatic carbocycles. The molecule has 3 nitrogen and oxygen atoms in total. The maximum absolute atomic E-state index is 14.6. The van der Waals surface area contributed by atoms with Crippen LogP contribution in [0.5, 0.6) is 0 Å². The maximum Gasteiger partial charge on any atom is 0.308 e. The van der Waals surface area contributed by atoms with Crippen LogP contribution in [0.3, 0.4) is 0 Å². The summed E-state index contributed by atoms with van der Waals surface area (Å²) < 4.78 is 55.8. The van der Waals surface area contributed by atoms with Gasteiger partial charge in [0.05, 0.1) is 17.4 Å². The lowest BCUT2D eigenvalue weighted by molar-refractivity contribution is -0.239. The number of aliphatic hydroxyl groups is 2. The van der Waals surface area contributed by atoms with Crippen LogP contribution in [0.1, 0.15) is 18.4 Å². The Kier molecular flexibility index (Phi) is 4.15. The lowest BCUT2D eigenvalue weighted by Crippen LogP contribution is -2.57. The largest absolute Gasteiger partial charge is 0.385 e. The van der Waals surface area contributed by atoms with Crippen LogP contribution in [0.15, 0.2) is 18.2 Å². The molecule has 0 bridgehead atoms. The van der Waals surface area contributed by atoms with Gasteiger partial charge in [-0.1, -0.05) is 6.07 Å². The molecule has 120 valence electrons. The number of nitriles is 1. The summed E-state index contributed by atoms with van der Waals surface area (Å²) in [5.41, 5.74) is -5.92. The maximum atomic E-state index is 14.6. The van der Waals surface area contributed by atoms with E-state index in [0.717, 1.165) is 0 Å². The van der Waals surface area contributed by atoms with E-state index in [9.17, 15) is 27.8 Å². The van der Waals surface area contributed by atoms with Gasteiger partial charge in [0.2, 0.25) is 0 Å². The van der Waals surface area contributed by atoms with Crippen LogP contribution < -0.4 is 0 Å². The summed E-state index contributed by atoms with van der Waals surface area (Å²) in [4.78, 5) is 0. The Morgan fingerprint density at radius 3 is 2.36 bits per heavy atom. The first-order valence-electron chi connectivity index (χ1n) is 6.35. The third-order valence-electron chi connectivity index (χ3n) is 4.00. The smallest absolute Gasteiger partial charge is 0.308 e. The van der Waals surface area contributed by atoms with E-state index < -0.39 is 46.1 Å². The molecular formula is C14H12ClF4NO2. The Balaban J connectivity index is 2.51. The fraction of sp³-hybridized carbons (Fsp3) is 0.500. The molecule has 0 aromatic heterocycles. The van der Waals surface area contributed by atoms with Crippen molar-refractivity contribution in [1.82, 2.24) is 0 Å². The van der Waals surface area contributed by atoms with E-state index in [4.69, 9.17) is 16.9 Å². The van der Waals surface area contributed by atoms with Crippen molar-refractivity contribution in [3.8, 4) is 6.07 Å². The minimum absolute atomic E-state index is 0.0323. The zero-order chi connectivity index (χ0) is 16.8. The second-order valence-electron chi connectivity index (χ2n) is 5.41. The number of aliphatic hydroxyl groups excluding tert-OH is 1. The summed E-state index contributed by atoms with van der Waals surface area (Å²) in [6, 6.07) is 3.25. The van der Waals surface area contributed by atoms with Crippen LogP contribution in [-0.2, 0) is 5.60 Å². The van der Waals surface area contributed by atoms with E-state index in [1.165, 1.54) is 0 Å². The van der Waals surface area contributed by atoms with Gasteiger partial charge < -0.3 is 10.2 Å². The number of nitrogens with zero attached hydrogens (tertiary/aromatic N) is 1. The second kappa shape index (κ2) is 5.37. The number of halogens is 5. The Bertz CT molecular complexity index is 630. The first kappa shape index (κ1) is 17.0. The molecule has 22 heavy (non-hydrogen) atoms. The molecular weight excluding hydrogens is 326 g/mol. The number of hydrogen-bond donors (Lipinski definition) is 2. The molecule has 0 aliphatic heterocycles. The normalized spacial score (nSPS) is 20.8. The summed E-state index contributed by atoms with van der Waals surface area (Å²) in [6.45, 7) is 0. The summed E-state index contributed by atoms with van der Waals surface area (Å²) in [5.74, 6) is -7.89. The molecule has 0 amide bonds. The zero-order valence-corrected chi connectivity index (χ0v) is 11.9. The fourth-order valence-corrected chi connectivity index (χ4v) is 2.64. The van der Waals surface area contributed by atoms with E-state index in [0.29, 0.717) is 18.2 Å². The average Bonchev–Trinajstić information content (AvgIpc) is 3.26. The van der Waals surface area contributed by atoms with E-state index in [-0.39, 0.29) is 12.8 Å². The van der Waals surface area contributed by atoms with Crippen LogP contribution in [0.4, 0.5) is 17.6 Å². The van der Waals surface area contributed by atoms with Crippen molar-refractivity contribution in [3.63, 3.8) is 0 Å². The second-order valence-corrected chi connectivity index (χ2v) is 5.68. The minimum atomic E-state index is -4.31. The monoisotopic (exact) mass is 337 g/mol. The average molecular weight is 338 g/mol. The fourth-order valence-electron chi connectivity index (χ4n) is 2.32. The highest BCUT2D eigenvalue weighted by molar-refractivity contribution is 6.18. The van der Waals surface area contributed by atoms with E-state index in [1.54, 1.807) is 6.07 Å². The Hall–Kier alpha value is -1.36. The third kappa shape index (κ3) is 2.35. The van der Waals surface area contributed by atoms with Crippen molar-refractivity contribution in [1.29, 1.82) is 5.26 Å². The minimum Gasteiger partial charge on any atom is -0.385 e. The molecule has 1 saturated carbocycles. The lowest BCUT2D eigenvalue weighted by Gasteiger charge is -2.39. The molecule has 2 unspecified atom stereocenters. The van der Waals surface area contributed by atoms with Gasteiger partial charge in [0, 0.05) is 11.6 Å². The highest BCUT2D eigenvalue weighted by Gasteiger charge is 2.67. The molecule has 1 aliphatic rings. The van der Waals surface area contributed by atoms with Crippen molar-refractivity contribution < 1.29 is 27.8 Å². The van der Waals surface area contributed by atoms with Gasteiger partial charge >= 0.3 is 5.92 Å². The van der Waals surface area contributed by atoms with Crippen LogP contribution in [0, 0.1) is 28.4 Å². The van der Waals surface area contributed by atoms with Gasteiger partial charge in [-0.3, -0.25) is 0 Å². The van der Waals surface area contributed by atoms with Crippen molar-refractivity contribution in [2.45, 2.75) is 30.5 Å². The van der Waals surface area contributed by atoms with Crippen LogP contribution in [-0.4, -0.2) is 28.1 Å². The molecule has 1 aromatic rings. The topological polar surface area (TPSA) is 64.2 Å². The summed E-state index contributed by atoms with van der Waals surface area (Å²) in [5, 5.41) is 29.0. The van der Waals surface area contributed by atoms with Gasteiger partial charge in [-0.15, -0.1) is 11.6 Å². The Labute approximate surface area is 128 Å². The Morgan fingerprint density at radius 2 is 1.95 bits per heavy atom. The highest BCUT2D eigenvalue weighted by atomic mass is 35.5. The number of rotatable bonds is 5. The van der Waals surface area contributed by atoms with Gasteiger partial charge in [0.15, 0.2) is 5.60 Å². The number of hydrogen-bond acceptors (Lipinski definition) is 3. The molecule has 0 radical (unpaired) electrons. The molecule has 2 atom stereocenters. The van der Waals surface area contributed by atoms with Gasteiger partial charge in [-0.25, -0.2) is 17.6 Å². The highest BCUT2D eigenvalue weighted by Crippen LogP contribution is 2.56. The predicted molar refractivity (Wildman–Crippen MR) is 69.2 cm³/mol. The van der Waals surface area contributed by atoms with Crippen LogP contribution in [0.25, 0.3) is 0 Å². The molecule has 0 saturated heterocycles. The molecule has 8 heteroatoms. The summed E-state index contributed by atoms with van der Waals surface area (Å²) in [6.07, 6.45) is -2.46. The van der Waals surface area contributed by atoms with Crippen molar-refractivity contribution in [2.75, 3.05) is 5.88 Å². The Morgan fingerprint density at radius 1 is 1.36 bits per heavy atom. The van der Waals surface area contributed by atoms with E-state index in [1.807, 2.05) is 0 Å². The third-order valence-corrected chi connectivity index (χ3v) is 4.39. The zero-order valence-electron chi connectivity index (χ0n) is 11.2. The van der Waals surface area contributed by atoms with Crippen molar-refractivity contribution in [3.05, 3.63) is 35.4 Å². The number of alkyl halides is 3. The van der Waals surface area contributed by atoms with E-state index in [2.05, 4.69) is 0 Å². The standard InChI is InChI=1S/C14H12ClF4NO2/c15-6-13(22,9-2-1-8(16)5-10(9)17)14(18,19)11(21)12(7-20)3-4-12/h1-2,5,11,21-22H,3-4,6H2. The van der Waals surface area contributed by atoms with Crippen molar-refractivity contribution in [2.24, 2.45) is 5.41 Å². The molecule has 1 aliphatic carbocycles. The summed E-state index contributed by atoms with van der Waals surface area (Å²) in [7, 11) is 0. The molecule has 0 heterocycles. The molecule has 2 N–H and O–H groups in total. The summed E-state index contributed by atoms with van der Waals surface area (Å²) >= 11 is 5.41. The van der Waals surface area contributed by atoms with Crippen LogP contribution in [0.2, 0.25) is 0 Å². The first-order chi connectivity index (χ1) is 10.1. The predicted octanol–water partition coefficient (Wildman–Crippen LogP) is 2.69. The quantitative estimate of drug-likeness (QED) is 0.641. The van der Waals surface area contributed by atoms with Gasteiger partial charge in [0.25, 0.3) is 0 Å². The SMILES string of the molecule is N#CC1(C(O)C(F)(F)C(O)(CCl)c2ccc(F)cc2F)CC1. The van der Waals surface area contributed by atoms with Gasteiger partial charge in [0.1, 0.15) is 17.7 Å². The van der Waals surface area contributed by atoms with Gasteiger partial charge in [-0.2, -0.15) is 5.26 Å². The van der Waals surface area contributed by atoms with Gasteiger partial charge in [-0.05, 0) is 18.9 Å². The molecule has 1 fully saturated rings. The molecule has 2 rings (SSSR count). The van der Waals surface area contributed by atoms with Crippen molar-refractivity contribution >= 4 is 11.6 Å². The van der Waals surface area contributed by atoms with E-state index >= 15 is 0 Å². The number of benzene rings is 1.